The van der Waals surface area contributed by atoms with Gasteiger partial charge in [-0.1, -0.05) is 0 Å². The lowest BCUT2D eigenvalue weighted by atomic mass is 10.2. The van der Waals surface area contributed by atoms with E-state index in [0.29, 0.717) is 34.4 Å². The summed E-state index contributed by atoms with van der Waals surface area (Å²) in [6, 6.07) is 17.5. The molecular weight excluding hydrogens is 406 g/mol. The Morgan fingerprint density at radius 2 is 1.56 bits per heavy atom. The molecule has 8 nitrogen and oxygen atoms in total. The number of aromatic nitrogens is 4. The fourth-order valence-corrected chi connectivity index (χ4v) is 3.10. The normalized spacial score (nSPS) is 10.6. The first-order valence-electron chi connectivity index (χ1n) is 10.0. The third kappa shape index (κ3) is 4.44. The van der Waals surface area contributed by atoms with Crippen LogP contribution in [0.15, 0.2) is 60.7 Å². The van der Waals surface area contributed by atoms with Crippen molar-refractivity contribution < 1.29 is 14.3 Å². The van der Waals surface area contributed by atoms with Gasteiger partial charge in [0.2, 0.25) is 5.88 Å². The fourth-order valence-electron chi connectivity index (χ4n) is 3.10. The predicted octanol–water partition coefficient (Wildman–Crippen LogP) is 4.64. The highest BCUT2D eigenvalue weighted by molar-refractivity contribution is 6.04. The molecule has 8 heteroatoms. The quantitative estimate of drug-likeness (QED) is 0.480. The summed E-state index contributed by atoms with van der Waals surface area (Å²) in [7, 11) is 1.58. The molecule has 0 bridgehead atoms. The van der Waals surface area contributed by atoms with Crippen molar-refractivity contribution in [1.29, 1.82) is 0 Å². The van der Waals surface area contributed by atoms with Gasteiger partial charge in [0.05, 0.1) is 12.8 Å². The summed E-state index contributed by atoms with van der Waals surface area (Å²) in [5, 5.41) is 15.7. The summed E-state index contributed by atoms with van der Waals surface area (Å²) in [6.07, 6.45) is 0. The zero-order valence-corrected chi connectivity index (χ0v) is 18.3. The van der Waals surface area contributed by atoms with Gasteiger partial charge in [0, 0.05) is 23.0 Å². The number of nitrogens with one attached hydrogen (secondary N) is 1. The lowest BCUT2D eigenvalue weighted by Gasteiger charge is -2.08. The minimum atomic E-state index is -0.206. The first-order chi connectivity index (χ1) is 15.4. The molecule has 2 aromatic heterocycles. The van der Waals surface area contributed by atoms with Crippen LogP contribution in [0.3, 0.4) is 0 Å². The zero-order chi connectivity index (χ0) is 22.7. The molecule has 0 radical (unpaired) electrons. The van der Waals surface area contributed by atoms with Crippen LogP contribution in [0.4, 0.5) is 5.69 Å². The highest BCUT2D eigenvalue weighted by atomic mass is 16.5. The molecule has 0 fully saturated rings. The van der Waals surface area contributed by atoms with E-state index >= 15 is 0 Å². The molecule has 1 N–H and O–H groups in total. The van der Waals surface area contributed by atoms with Gasteiger partial charge >= 0.3 is 0 Å². The molecule has 0 unspecified atom stereocenters. The Balaban J connectivity index is 1.40. The number of hydrogen-bond acceptors (Lipinski definition) is 6. The maximum absolute atomic E-state index is 12.4. The van der Waals surface area contributed by atoms with Crippen molar-refractivity contribution in [2.24, 2.45) is 0 Å². The van der Waals surface area contributed by atoms with E-state index in [1.54, 1.807) is 66.4 Å². The van der Waals surface area contributed by atoms with Gasteiger partial charge in [-0.2, -0.15) is 5.10 Å². The molecular formula is C24H23N5O3. The van der Waals surface area contributed by atoms with Crippen LogP contribution in [-0.2, 0) is 0 Å². The van der Waals surface area contributed by atoms with Crippen LogP contribution in [0.25, 0.3) is 5.82 Å². The smallest absolute Gasteiger partial charge is 0.255 e. The van der Waals surface area contributed by atoms with Crippen molar-refractivity contribution >= 4 is 11.6 Å². The molecule has 32 heavy (non-hydrogen) atoms. The van der Waals surface area contributed by atoms with Crippen LogP contribution in [0, 0.1) is 20.8 Å². The number of methoxy groups -OCH3 is 1. The number of ether oxygens (including phenoxy) is 2. The number of amides is 1. The van der Waals surface area contributed by atoms with Crippen molar-refractivity contribution in [2.45, 2.75) is 20.8 Å². The van der Waals surface area contributed by atoms with Crippen LogP contribution in [-0.4, -0.2) is 33.0 Å². The standard InChI is InChI=1S/C24H23N5O3/c1-15-16(2)28-29(17(15)3)22-13-14-23(27-26-22)32-21-11-7-19(8-12-21)25-24(30)18-5-9-20(31-4)10-6-18/h5-14H,1-4H3,(H,25,30). The Labute approximate surface area is 185 Å². The second-order valence-corrected chi connectivity index (χ2v) is 7.25. The van der Waals surface area contributed by atoms with Gasteiger partial charge < -0.3 is 14.8 Å². The lowest BCUT2D eigenvalue weighted by Crippen LogP contribution is -2.11. The second-order valence-electron chi connectivity index (χ2n) is 7.25. The summed E-state index contributed by atoms with van der Waals surface area (Å²) < 4.78 is 12.6. The number of aryl methyl sites for hydroxylation is 1. The third-order valence-corrected chi connectivity index (χ3v) is 5.18. The van der Waals surface area contributed by atoms with Gasteiger partial charge in [0.25, 0.3) is 5.91 Å². The molecule has 0 aliphatic carbocycles. The Bertz CT molecular complexity index is 1230. The summed E-state index contributed by atoms with van der Waals surface area (Å²) in [6.45, 7) is 5.99. The number of nitrogens with zero attached hydrogens (tertiary/aromatic N) is 4. The maximum Gasteiger partial charge on any atom is 0.255 e. The fraction of sp³-hybridized carbons (Fsp3) is 0.167. The Morgan fingerprint density at radius 1 is 0.875 bits per heavy atom. The van der Waals surface area contributed by atoms with Gasteiger partial charge in [-0.25, -0.2) is 4.68 Å². The Morgan fingerprint density at radius 3 is 2.12 bits per heavy atom. The van der Waals surface area contributed by atoms with Crippen LogP contribution in [0.5, 0.6) is 17.4 Å². The number of anilines is 1. The Kier molecular flexibility index (Phi) is 5.85. The average molecular weight is 429 g/mol. The number of benzene rings is 2. The van der Waals surface area contributed by atoms with Gasteiger partial charge in [0.15, 0.2) is 5.82 Å². The van der Waals surface area contributed by atoms with E-state index in [9.17, 15) is 4.79 Å². The van der Waals surface area contributed by atoms with E-state index < -0.39 is 0 Å². The van der Waals surface area contributed by atoms with E-state index in [2.05, 4.69) is 20.6 Å². The molecule has 0 saturated heterocycles. The van der Waals surface area contributed by atoms with Crippen LogP contribution in [0.2, 0.25) is 0 Å². The van der Waals surface area contributed by atoms with Crippen LogP contribution in [0.1, 0.15) is 27.3 Å². The highest BCUT2D eigenvalue weighted by Crippen LogP contribution is 2.23. The van der Waals surface area contributed by atoms with E-state index in [-0.39, 0.29) is 5.91 Å². The van der Waals surface area contributed by atoms with Crippen molar-refractivity contribution in [2.75, 3.05) is 12.4 Å². The monoisotopic (exact) mass is 429 g/mol. The molecule has 2 aromatic carbocycles. The van der Waals surface area contributed by atoms with Crippen molar-refractivity contribution in [3.8, 4) is 23.2 Å². The highest BCUT2D eigenvalue weighted by Gasteiger charge is 2.11. The lowest BCUT2D eigenvalue weighted by molar-refractivity contribution is 0.102. The molecule has 2 heterocycles. The average Bonchev–Trinajstić information content (AvgIpc) is 3.08. The van der Waals surface area contributed by atoms with Crippen LogP contribution >= 0.6 is 0 Å². The van der Waals surface area contributed by atoms with E-state index in [4.69, 9.17) is 9.47 Å². The van der Waals surface area contributed by atoms with Gasteiger partial charge in [-0.3, -0.25) is 4.79 Å². The number of hydrogen-bond donors (Lipinski definition) is 1. The summed E-state index contributed by atoms with van der Waals surface area (Å²) in [4.78, 5) is 12.4. The van der Waals surface area contributed by atoms with Gasteiger partial charge in [0.1, 0.15) is 11.5 Å². The Hall–Kier alpha value is -4.20. The third-order valence-electron chi connectivity index (χ3n) is 5.18. The zero-order valence-electron chi connectivity index (χ0n) is 18.3. The molecule has 4 rings (SSSR count). The topological polar surface area (TPSA) is 91.2 Å². The maximum atomic E-state index is 12.4. The number of carbonyl (C=O) groups is 1. The predicted molar refractivity (Wildman–Crippen MR) is 121 cm³/mol. The molecule has 4 aromatic rings. The van der Waals surface area contributed by atoms with Crippen molar-refractivity contribution in [3.05, 3.63) is 83.2 Å². The number of rotatable bonds is 6. The van der Waals surface area contributed by atoms with Gasteiger partial charge in [-0.15, -0.1) is 10.2 Å². The van der Waals surface area contributed by atoms with E-state index in [0.717, 1.165) is 17.0 Å². The largest absolute Gasteiger partial charge is 0.497 e. The van der Waals surface area contributed by atoms with E-state index in [1.165, 1.54) is 0 Å². The van der Waals surface area contributed by atoms with E-state index in [1.807, 2.05) is 26.8 Å². The van der Waals surface area contributed by atoms with Crippen LogP contribution < -0.4 is 14.8 Å². The van der Waals surface area contributed by atoms with Crippen molar-refractivity contribution in [3.63, 3.8) is 0 Å². The molecule has 162 valence electrons. The first-order valence-corrected chi connectivity index (χ1v) is 10.0. The molecule has 0 saturated carbocycles. The summed E-state index contributed by atoms with van der Waals surface area (Å²) in [5.74, 6) is 2.06. The minimum Gasteiger partial charge on any atom is -0.497 e. The summed E-state index contributed by atoms with van der Waals surface area (Å²) in [5.41, 5.74) is 4.31. The van der Waals surface area contributed by atoms with Crippen molar-refractivity contribution in [1.82, 2.24) is 20.0 Å². The SMILES string of the molecule is COc1ccc(C(=O)Nc2ccc(Oc3ccc(-n4nc(C)c(C)c4C)nn3)cc2)cc1. The molecule has 0 aliphatic rings. The molecule has 0 spiro atoms. The number of carbonyl (C=O) groups excluding carboxylic acids is 1. The first kappa shape index (κ1) is 21.0. The molecule has 1 amide bonds. The second kappa shape index (κ2) is 8.89. The molecule has 0 aliphatic heterocycles. The summed E-state index contributed by atoms with van der Waals surface area (Å²) >= 11 is 0. The minimum absolute atomic E-state index is 0.206. The van der Waals surface area contributed by atoms with Gasteiger partial charge in [-0.05, 0) is 80.9 Å². The molecule has 0 atom stereocenters.